The number of nitrogens with one attached hydrogen (secondary N) is 3. The number of nitrogens with zero attached hydrogens (tertiary/aromatic N) is 2. The van der Waals surface area contributed by atoms with Gasteiger partial charge in [0.15, 0.2) is 0 Å². The summed E-state index contributed by atoms with van der Waals surface area (Å²) in [5.74, 6) is -1.65. The van der Waals surface area contributed by atoms with Crippen molar-refractivity contribution in [3.05, 3.63) is 48.0 Å². The molecule has 2 fully saturated rings. The molecule has 0 unspecified atom stereocenters. The topological polar surface area (TPSA) is 176 Å². The number of esters is 1. The first kappa shape index (κ1) is 48.2. The highest BCUT2D eigenvalue weighted by molar-refractivity contribution is 5.92. The third-order valence-electron chi connectivity index (χ3n) is 10.2. The number of benzene rings is 1. The number of ether oxygens (including phenoxy) is 3. The van der Waals surface area contributed by atoms with Crippen LogP contribution in [-0.4, -0.2) is 105 Å². The van der Waals surface area contributed by atoms with Crippen LogP contribution in [0.25, 0.3) is 0 Å². The van der Waals surface area contributed by atoms with Gasteiger partial charge in [-0.25, -0.2) is 14.4 Å². The van der Waals surface area contributed by atoms with E-state index in [4.69, 9.17) is 14.2 Å². The molecule has 58 heavy (non-hydrogen) atoms. The highest BCUT2D eigenvalue weighted by Crippen LogP contribution is 2.38. The molecule has 2 aliphatic heterocycles. The van der Waals surface area contributed by atoms with Gasteiger partial charge in [-0.1, -0.05) is 56.3 Å². The number of rotatable bonds is 17. The van der Waals surface area contributed by atoms with Crippen LogP contribution in [0.5, 0.6) is 0 Å². The number of hydrogen-bond donors (Lipinski definition) is 4. The third kappa shape index (κ3) is 15.5. The second-order valence-corrected chi connectivity index (χ2v) is 18.7. The van der Waals surface area contributed by atoms with Crippen molar-refractivity contribution in [1.82, 2.24) is 25.9 Å². The van der Waals surface area contributed by atoms with Crippen molar-refractivity contribution >= 4 is 30.0 Å². The van der Waals surface area contributed by atoms with Gasteiger partial charge in [0.1, 0.15) is 23.8 Å². The lowest BCUT2D eigenvalue weighted by Crippen LogP contribution is -2.60. The van der Waals surface area contributed by atoms with E-state index in [0.717, 1.165) is 5.56 Å². The molecule has 0 aromatic heterocycles. The third-order valence-corrected chi connectivity index (χ3v) is 10.2. The van der Waals surface area contributed by atoms with Gasteiger partial charge in [0.25, 0.3) is 0 Å². The van der Waals surface area contributed by atoms with Gasteiger partial charge in [0.2, 0.25) is 11.8 Å². The summed E-state index contributed by atoms with van der Waals surface area (Å²) in [7, 11) is 0. The van der Waals surface area contributed by atoms with Crippen molar-refractivity contribution in [1.29, 1.82) is 0 Å². The quantitative estimate of drug-likeness (QED) is 0.0574. The normalized spacial score (nSPS) is 20.0. The zero-order valence-corrected chi connectivity index (χ0v) is 36.8. The largest absolute Gasteiger partial charge is 0.461 e. The molecule has 1 aromatic rings. The lowest BCUT2D eigenvalue weighted by atomic mass is 9.80. The highest BCUT2D eigenvalue weighted by atomic mass is 16.6. The maximum absolute atomic E-state index is 14.4. The minimum atomic E-state index is -1.00. The fourth-order valence-electron chi connectivity index (χ4n) is 7.83. The van der Waals surface area contributed by atoms with Gasteiger partial charge in [-0.3, -0.25) is 9.59 Å². The maximum atomic E-state index is 14.4. The Morgan fingerprint density at radius 2 is 1.57 bits per heavy atom. The van der Waals surface area contributed by atoms with Gasteiger partial charge in [0.05, 0.1) is 18.1 Å². The molecule has 2 aliphatic rings. The van der Waals surface area contributed by atoms with Gasteiger partial charge >= 0.3 is 18.2 Å². The van der Waals surface area contributed by atoms with Crippen molar-refractivity contribution < 1.29 is 43.4 Å². The van der Waals surface area contributed by atoms with Crippen LogP contribution >= 0.6 is 0 Å². The van der Waals surface area contributed by atoms with Crippen molar-refractivity contribution in [3.8, 4) is 0 Å². The van der Waals surface area contributed by atoms with Crippen LogP contribution in [0, 0.1) is 11.8 Å². The average Bonchev–Trinajstić information content (AvgIpc) is 3.59. The zero-order chi connectivity index (χ0) is 43.4. The molecule has 14 heteroatoms. The van der Waals surface area contributed by atoms with Crippen molar-refractivity contribution in [2.45, 2.75) is 175 Å². The Balaban J connectivity index is 1.71. The molecule has 0 radical (unpaired) electrons. The summed E-state index contributed by atoms with van der Waals surface area (Å²) in [6.45, 7) is 21.1. The number of carbonyl (C=O) groups is 5. The van der Waals surface area contributed by atoms with Crippen molar-refractivity contribution in [2.75, 3.05) is 13.1 Å². The predicted octanol–water partition coefficient (Wildman–Crippen LogP) is 6.69. The SMILES string of the molecule is CC(C)C[C@@H](/C=C/[C@H](Cc1ccccc1)C(=O)N1CCC[C@H]1C(=O)N[C@@H](CCCNC(=O)OC1CC(C)(C)N(O)C(C)(C)C1)C(=O)OC(C)C)NC(=O)OC(C)(C)C. The monoisotopic (exact) mass is 814 g/mol. The van der Waals surface area contributed by atoms with E-state index in [2.05, 4.69) is 29.8 Å². The van der Waals surface area contributed by atoms with E-state index in [1.807, 2.05) is 70.2 Å². The molecule has 0 aliphatic carbocycles. The van der Waals surface area contributed by atoms with Crippen LogP contribution in [0.4, 0.5) is 9.59 Å². The molecule has 0 bridgehead atoms. The van der Waals surface area contributed by atoms with E-state index in [0.29, 0.717) is 51.5 Å². The fraction of sp³-hybridized carbons (Fsp3) is 0.705. The number of piperidine rings is 1. The average molecular weight is 814 g/mol. The van der Waals surface area contributed by atoms with E-state index in [1.54, 1.807) is 39.5 Å². The molecule has 1 aromatic carbocycles. The highest BCUT2D eigenvalue weighted by Gasteiger charge is 2.46. The van der Waals surface area contributed by atoms with Crippen LogP contribution in [0.1, 0.15) is 127 Å². The first-order valence-corrected chi connectivity index (χ1v) is 20.9. The first-order valence-electron chi connectivity index (χ1n) is 20.9. The van der Waals surface area contributed by atoms with Crippen LogP contribution in [0.15, 0.2) is 42.5 Å². The molecule has 4 amide bonds. The number of amides is 4. The summed E-state index contributed by atoms with van der Waals surface area (Å²) in [4.78, 5) is 68.7. The minimum Gasteiger partial charge on any atom is -0.461 e. The van der Waals surface area contributed by atoms with Gasteiger partial charge in [-0.2, -0.15) is 5.06 Å². The molecule has 3 rings (SSSR count). The molecular weight excluding hydrogens is 743 g/mol. The summed E-state index contributed by atoms with van der Waals surface area (Å²) in [6, 6.07) is 7.45. The van der Waals surface area contributed by atoms with E-state index in [9.17, 15) is 29.2 Å². The van der Waals surface area contributed by atoms with E-state index in [1.165, 1.54) is 5.06 Å². The molecule has 4 N–H and O–H groups in total. The molecule has 0 saturated carbocycles. The Bertz CT molecular complexity index is 1540. The van der Waals surface area contributed by atoms with Crippen LogP contribution in [0.2, 0.25) is 0 Å². The molecule has 2 heterocycles. The Kier molecular flexibility index (Phi) is 17.6. The zero-order valence-electron chi connectivity index (χ0n) is 36.8. The first-order chi connectivity index (χ1) is 27.0. The number of hydrogen-bond acceptors (Lipinski definition) is 10. The van der Waals surface area contributed by atoms with E-state index in [-0.39, 0.29) is 30.8 Å². The molecule has 0 spiro atoms. The lowest BCUT2D eigenvalue weighted by Gasteiger charge is -2.50. The second-order valence-electron chi connectivity index (χ2n) is 18.7. The second kappa shape index (κ2) is 21.2. The van der Waals surface area contributed by atoms with Crippen LogP contribution < -0.4 is 16.0 Å². The minimum absolute atomic E-state index is 0.183. The Morgan fingerprint density at radius 1 is 0.931 bits per heavy atom. The molecule has 326 valence electrons. The summed E-state index contributed by atoms with van der Waals surface area (Å²) in [6.07, 6.45) is 5.22. The standard InChI is InChI=1S/C44H71N5O9/c1-29(2)25-33(46-41(54)58-42(5,6)7)22-21-32(26-31-17-13-12-14-18-31)38(51)48-24-16-20-36(48)37(50)47-35(39(52)56-30(3)4)19-15-23-45-40(53)57-34-27-43(8,9)49(55)44(10,11)28-34/h12-14,17-18,21-22,29-30,32-36,55H,15-16,19-20,23-28H2,1-11H3,(H,45,53)(H,46,54)(H,47,50)/b22-21+/t32-,33-,35+,36+/m1/s1. The predicted molar refractivity (Wildman–Crippen MR) is 222 cm³/mol. The summed E-state index contributed by atoms with van der Waals surface area (Å²) in [5.41, 5.74) is -0.877. The van der Waals surface area contributed by atoms with Gasteiger partial charge in [-0.15, -0.1) is 0 Å². The number of carbonyl (C=O) groups excluding carboxylic acids is 5. The molecule has 2 saturated heterocycles. The molecular formula is C44H71N5O9. The van der Waals surface area contributed by atoms with Gasteiger partial charge in [0, 0.05) is 37.0 Å². The lowest BCUT2D eigenvalue weighted by molar-refractivity contribution is -0.256. The van der Waals surface area contributed by atoms with Crippen molar-refractivity contribution in [3.63, 3.8) is 0 Å². The van der Waals surface area contributed by atoms with Crippen LogP contribution in [-0.2, 0) is 35.0 Å². The Morgan fingerprint density at radius 3 is 2.16 bits per heavy atom. The number of hydroxylamine groups is 2. The molecule has 4 atom stereocenters. The van der Waals surface area contributed by atoms with Crippen molar-refractivity contribution in [2.24, 2.45) is 11.8 Å². The maximum Gasteiger partial charge on any atom is 0.408 e. The summed E-state index contributed by atoms with van der Waals surface area (Å²) < 4.78 is 16.7. The Hall–Kier alpha value is -4.17. The van der Waals surface area contributed by atoms with Gasteiger partial charge in [-0.05, 0) is 112 Å². The van der Waals surface area contributed by atoms with E-state index >= 15 is 0 Å². The number of likely N-dealkylation sites (tertiary alicyclic amines) is 1. The summed E-state index contributed by atoms with van der Waals surface area (Å²) in [5, 5.41) is 20.5. The number of alkyl carbamates (subject to hydrolysis) is 2. The molecule has 14 nitrogen and oxygen atoms in total. The van der Waals surface area contributed by atoms with Gasteiger partial charge < -0.3 is 40.3 Å². The van der Waals surface area contributed by atoms with Crippen LogP contribution in [0.3, 0.4) is 0 Å². The Labute approximate surface area is 346 Å². The summed E-state index contributed by atoms with van der Waals surface area (Å²) >= 11 is 0. The fourth-order valence-corrected chi connectivity index (χ4v) is 7.83. The smallest absolute Gasteiger partial charge is 0.408 e. The van der Waals surface area contributed by atoms with E-state index < -0.39 is 71.0 Å².